The molecule has 0 saturated carbocycles. The van der Waals surface area contributed by atoms with Crippen molar-refractivity contribution in [2.45, 2.75) is 39.2 Å². The second-order valence-corrected chi connectivity index (χ2v) is 5.27. The first-order valence-corrected chi connectivity index (χ1v) is 7.55. The number of carbonyl (C=O) groups excluding carboxylic acids is 1. The Morgan fingerprint density at radius 1 is 1.48 bits per heavy atom. The number of ether oxygens (including phenoxy) is 1. The molecular weight excluding hydrogens is 292 g/mol. The Morgan fingerprint density at radius 3 is 2.86 bits per heavy atom. The maximum absolute atomic E-state index is 11.8. The first kappa shape index (κ1) is 17.6. The number of aliphatic hydroxyl groups is 1. The summed E-state index contributed by atoms with van der Waals surface area (Å²) in [4.78, 5) is 11.8. The van der Waals surface area contributed by atoms with Gasteiger partial charge in [-0.1, -0.05) is 18.5 Å². The molecule has 1 aromatic rings. The summed E-state index contributed by atoms with van der Waals surface area (Å²) in [6, 6.07) is 4.85. The maximum atomic E-state index is 11.8. The van der Waals surface area contributed by atoms with Crippen molar-refractivity contribution in [3.8, 4) is 5.75 Å². The molecule has 5 nitrogen and oxygen atoms in total. The maximum Gasteiger partial charge on any atom is 0.319 e. The van der Waals surface area contributed by atoms with Crippen molar-refractivity contribution >= 4 is 23.3 Å². The van der Waals surface area contributed by atoms with Crippen LogP contribution in [0.15, 0.2) is 18.2 Å². The minimum Gasteiger partial charge on any atom is -0.492 e. The van der Waals surface area contributed by atoms with E-state index in [0.717, 1.165) is 12.8 Å². The lowest BCUT2D eigenvalue weighted by molar-refractivity contribution is 0.245. The second kappa shape index (κ2) is 9.47. The number of benzene rings is 1. The van der Waals surface area contributed by atoms with Crippen LogP contribution in [0.25, 0.3) is 0 Å². The number of hydrogen-bond donors (Lipinski definition) is 3. The number of nitrogens with one attached hydrogen (secondary N) is 2. The van der Waals surface area contributed by atoms with E-state index in [9.17, 15) is 4.79 Å². The van der Waals surface area contributed by atoms with Crippen molar-refractivity contribution in [2.24, 2.45) is 0 Å². The first-order valence-electron chi connectivity index (χ1n) is 7.17. The molecule has 1 rings (SSSR count). The van der Waals surface area contributed by atoms with E-state index >= 15 is 0 Å². The van der Waals surface area contributed by atoms with E-state index in [1.54, 1.807) is 18.2 Å². The van der Waals surface area contributed by atoms with Crippen LogP contribution in [0, 0.1) is 0 Å². The highest BCUT2D eigenvalue weighted by Gasteiger charge is 2.09. The number of carbonyl (C=O) groups is 1. The topological polar surface area (TPSA) is 70.6 Å². The molecule has 0 saturated heterocycles. The van der Waals surface area contributed by atoms with E-state index in [1.807, 2.05) is 13.8 Å². The van der Waals surface area contributed by atoms with Crippen LogP contribution in [0.5, 0.6) is 5.75 Å². The van der Waals surface area contributed by atoms with Crippen molar-refractivity contribution in [1.82, 2.24) is 5.32 Å². The van der Waals surface area contributed by atoms with Gasteiger partial charge in [0.25, 0.3) is 0 Å². The Labute approximate surface area is 130 Å². The zero-order valence-corrected chi connectivity index (χ0v) is 13.2. The van der Waals surface area contributed by atoms with Crippen LogP contribution in [0.2, 0.25) is 5.02 Å². The third-order valence-corrected chi connectivity index (χ3v) is 3.12. The van der Waals surface area contributed by atoms with Crippen molar-refractivity contribution in [1.29, 1.82) is 0 Å². The number of rotatable bonds is 8. The number of aliphatic hydroxyl groups excluding tert-OH is 1. The molecule has 118 valence electrons. The Balaban J connectivity index is 2.50. The molecule has 0 fully saturated rings. The minimum atomic E-state index is -0.293. The van der Waals surface area contributed by atoms with E-state index in [1.165, 1.54) is 0 Å². The molecule has 0 aliphatic carbocycles. The highest BCUT2D eigenvalue weighted by molar-refractivity contribution is 6.32. The molecule has 0 bridgehead atoms. The lowest BCUT2D eigenvalue weighted by Crippen LogP contribution is -2.36. The monoisotopic (exact) mass is 314 g/mol. The lowest BCUT2D eigenvalue weighted by Gasteiger charge is -2.14. The molecule has 1 unspecified atom stereocenters. The van der Waals surface area contributed by atoms with Gasteiger partial charge in [-0.05, 0) is 44.4 Å². The summed E-state index contributed by atoms with van der Waals surface area (Å²) in [6.07, 6.45) is 2.30. The molecule has 6 heteroatoms. The molecule has 3 N–H and O–H groups in total. The van der Waals surface area contributed by atoms with Crippen molar-refractivity contribution in [3.05, 3.63) is 23.2 Å². The summed E-state index contributed by atoms with van der Waals surface area (Å²) in [5, 5.41) is 14.7. The molecule has 1 atom stereocenters. The van der Waals surface area contributed by atoms with Gasteiger partial charge in [0.15, 0.2) is 0 Å². The Kier molecular flexibility index (Phi) is 7.93. The van der Waals surface area contributed by atoms with Crippen LogP contribution in [-0.4, -0.2) is 30.4 Å². The number of anilines is 1. The molecule has 0 aromatic heterocycles. The summed E-state index contributed by atoms with van der Waals surface area (Å²) in [5.41, 5.74) is 0.607. The van der Waals surface area contributed by atoms with Gasteiger partial charge in [0.2, 0.25) is 0 Å². The average molecular weight is 315 g/mol. The molecule has 0 heterocycles. The van der Waals surface area contributed by atoms with E-state index in [4.69, 9.17) is 21.4 Å². The normalized spacial score (nSPS) is 11.8. The van der Waals surface area contributed by atoms with Crippen molar-refractivity contribution in [2.75, 3.05) is 18.5 Å². The van der Waals surface area contributed by atoms with Gasteiger partial charge in [0.05, 0.1) is 11.6 Å². The summed E-state index contributed by atoms with van der Waals surface area (Å²) in [7, 11) is 0. The molecule has 1 aromatic carbocycles. The van der Waals surface area contributed by atoms with Gasteiger partial charge >= 0.3 is 6.03 Å². The van der Waals surface area contributed by atoms with Gasteiger partial charge in [-0.25, -0.2) is 4.79 Å². The SMILES string of the molecule is CCCOc1ccc(NC(=O)NC(C)CCCO)cc1Cl. The number of hydrogen-bond acceptors (Lipinski definition) is 3. The second-order valence-electron chi connectivity index (χ2n) is 4.86. The average Bonchev–Trinajstić information content (AvgIpc) is 2.44. The number of urea groups is 1. The van der Waals surface area contributed by atoms with Crippen molar-refractivity contribution < 1.29 is 14.6 Å². The van der Waals surface area contributed by atoms with Gasteiger partial charge < -0.3 is 20.5 Å². The fourth-order valence-electron chi connectivity index (χ4n) is 1.77. The Bertz CT molecular complexity index is 455. The molecule has 2 amide bonds. The third kappa shape index (κ3) is 6.69. The summed E-state index contributed by atoms with van der Waals surface area (Å²) < 4.78 is 5.47. The number of halogens is 1. The van der Waals surface area contributed by atoms with Crippen LogP contribution >= 0.6 is 11.6 Å². The van der Waals surface area contributed by atoms with Crippen LogP contribution in [-0.2, 0) is 0 Å². The fourth-order valence-corrected chi connectivity index (χ4v) is 2.00. The quantitative estimate of drug-likeness (QED) is 0.688. The zero-order valence-electron chi connectivity index (χ0n) is 12.5. The molecule has 0 radical (unpaired) electrons. The van der Waals surface area contributed by atoms with E-state index < -0.39 is 0 Å². The molecule has 21 heavy (non-hydrogen) atoms. The third-order valence-electron chi connectivity index (χ3n) is 2.82. The largest absolute Gasteiger partial charge is 0.492 e. The zero-order chi connectivity index (χ0) is 15.7. The predicted octanol–water partition coefficient (Wildman–Crippen LogP) is 3.41. The lowest BCUT2D eigenvalue weighted by atomic mass is 10.2. The van der Waals surface area contributed by atoms with E-state index in [2.05, 4.69) is 10.6 Å². The van der Waals surface area contributed by atoms with Crippen LogP contribution in [0.3, 0.4) is 0 Å². The highest BCUT2D eigenvalue weighted by atomic mass is 35.5. The van der Waals surface area contributed by atoms with Crippen LogP contribution in [0.4, 0.5) is 10.5 Å². The summed E-state index contributed by atoms with van der Waals surface area (Å²) >= 11 is 6.10. The van der Waals surface area contributed by atoms with Gasteiger partial charge in [0.1, 0.15) is 5.75 Å². The fraction of sp³-hybridized carbons (Fsp3) is 0.533. The van der Waals surface area contributed by atoms with E-state index in [-0.39, 0.29) is 18.7 Å². The summed E-state index contributed by atoms with van der Waals surface area (Å²) in [6.45, 7) is 4.65. The smallest absolute Gasteiger partial charge is 0.319 e. The Morgan fingerprint density at radius 2 is 2.24 bits per heavy atom. The molecule has 0 spiro atoms. The van der Waals surface area contributed by atoms with Gasteiger partial charge in [-0.2, -0.15) is 0 Å². The van der Waals surface area contributed by atoms with Crippen LogP contribution < -0.4 is 15.4 Å². The van der Waals surface area contributed by atoms with Gasteiger partial charge in [-0.3, -0.25) is 0 Å². The van der Waals surface area contributed by atoms with Gasteiger partial charge in [-0.15, -0.1) is 0 Å². The highest BCUT2D eigenvalue weighted by Crippen LogP contribution is 2.27. The standard InChI is InChI=1S/C15H23ClN2O3/c1-3-9-21-14-7-6-12(10-13(14)16)18-15(20)17-11(2)5-4-8-19/h6-7,10-11,19H,3-5,8-9H2,1-2H3,(H2,17,18,20). The number of amides is 2. The molecular formula is C15H23ClN2O3. The molecule has 0 aliphatic rings. The van der Waals surface area contributed by atoms with E-state index in [0.29, 0.717) is 29.5 Å². The Hall–Kier alpha value is -1.46. The minimum absolute atomic E-state index is 0.000201. The predicted molar refractivity (Wildman–Crippen MR) is 85.2 cm³/mol. The van der Waals surface area contributed by atoms with Crippen molar-refractivity contribution in [3.63, 3.8) is 0 Å². The van der Waals surface area contributed by atoms with Gasteiger partial charge in [0, 0.05) is 18.3 Å². The summed E-state index contributed by atoms with van der Waals surface area (Å²) in [5.74, 6) is 0.612. The molecule has 0 aliphatic heterocycles. The van der Waals surface area contributed by atoms with Crippen LogP contribution in [0.1, 0.15) is 33.1 Å². The first-order chi connectivity index (χ1) is 10.1.